The van der Waals surface area contributed by atoms with E-state index in [9.17, 15) is 0 Å². The molecule has 0 saturated carbocycles. The van der Waals surface area contributed by atoms with E-state index in [2.05, 4.69) is 47.4 Å². The first-order valence-corrected chi connectivity index (χ1v) is 10.2. The van der Waals surface area contributed by atoms with Crippen molar-refractivity contribution in [1.29, 1.82) is 0 Å². The van der Waals surface area contributed by atoms with E-state index in [1.165, 1.54) is 28.4 Å². The molecule has 0 saturated heterocycles. The molecule has 6 aromatic rings. The summed E-state index contributed by atoms with van der Waals surface area (Å²) in [7, 11) is 0. The van der Waals surface area contributed by atoms with Crippen molar-refractivity contribution in [3.05, 3.63) is 90.1 Å². The van der Waals surface area contributed by atoms with Crippen LogP contribution < -0.4 is 0 Å². The van der Waals surface area contributed by atoms with Crippen LogP contribution in [-0.4, -0.2) is 4.98 Å². The molecular weight excluding hydrogens is 370 g/mol. The summed E-state index contributed by atoms with van der Waals surface area (Å²) in [6.45, 7) is -5.12. The summed E-state index contributed by atoms with van der Waals surface area (Å²) < 4.78 is 49.1. The fraction of sp³-hybridized carbons (Fsp3) is 0.0741. The maximum absolute atomic E-state index is 7.91. The number of hydrogen-bond acceptors (Lipinski definition) is 2. The molecule has 1 nitrogen and oxygen atoms in total. The Hall–Kier alpha value is -3.23. The molecule has 6 rings (SSSR count). The van der Waals surface area contributed by atoms with Gasteiger partial charge < -0.3 is 0 Å². The number of nitrogens with zero attached hydrogens (tertiary/aromatic N) is 1. The van der Waals surface area contributed by atoms with Crippen molar-refractivity contribution in [3.8, 4) is 11.3 Å². The lowest BCUT2D eigenvalue weighted by atomic mass is 9.99. The standard InChI is InChI=1S/C27H19NS/c1-16-12-25(28-15-17(16)2)22-9-5-8-21-24-13-19-11-10-18-6-3-4-7-20(18)23(19)14-26(24)29-27(21)22/h3-15H,1-2H3/i1D3,2D3. The van der Waals surface area contributed by atoms with Gasteiger partial charge in [-0.2, -0.15) is 0 Å². The predicted molar refractivity (Wildman–Crippen MR) is 127 cm³/mol. The molecule has 29 heavy (non-hydrogen) atoms. The van der Waals surface area contributed by atoms with Crippen LogP contribution in [-0.2, 0) is 0 Å². The number of pyridine rings is 1. The Morgan fingerprint density at radius 2 is 1.59 bits per heavy atom. The second-order valence-electron chi connectivity index (χ2n) is 7.26. The number of hydrogen-bond donors (Lipinski definition) is 0. The number of fused-ring (bicyclic) bond motifs is 6. The normalized spacial score (nSPS) is 15.7. The molecule has 0 fully saturated rings. The lowest BCUT2D eigenvalue weighted by molar-refractivity contribution is 1.22. The molecule has 0 bridgehead atoms. The molecule has 0 aliphatic carbocycles. The van der Waals surface area contributed by atoms with Gasteiger partial charge in [0, 0.05) is 40.2 Å². The Labute approximate surface area is 181 Å². The lowest BCUT2D eigenvalue weighted by Gasteiger charge is -2.06. The molecule has 0 spiro atoms. The molecule has 2 heterocycles. The Bertz CT molecular complexity index is 1780. The van der Waals surface area contributed by atoms with E-state index in [4.69, 9.17) is 8.22 Å². The Morgan fingerprint density at radius 1 is 0.724 bits per heavy atom. The Morgan fingerprint density at radius 3 is 2.52 bits per heavy atom. The first-order chi connectivity index (χ1) is 16.6. The first-order valence-electron chi connectivity index (χ1n) is 12.4. The summed E-state index contributed by atoms with van der Waals surface area (Å²) in [4.78, 5) is 4.40. The molecule has 0 amide bonds. The number of benzene rings is 4. The molecule has 138 valence electrons. The highest BCUT2D eigenvalue weighted by molar-refractivity contribution is 7.26. The van der Waals surface area contributed by atoms with Gasteiger partial charge in [0.2, 0.25) is 0 Å². The molecule has 4 aromatic carbocycles. The minimum Gasteiger partial charge on any atom is -0.256 e. The fourth-order valence-corrected chi connectivity index (χ4v) is 5.35. The van der Waals surface area contributed by atoms with Crippen molar-refractivity contribution in [3.63, 3.8) is 0 Å². The number of rotatable bonds is 1. The topological polar surface area (TPSA) is 12.9 Å². The minimum absolute atomic E-state index is 0.183. The quantitative estimate of drug-likeness (QED) is 0.257. The van der Waals surface area contributed by atoms with Gasteiger partial charge in [-0.1, -0.05) is 54.6 Å². The van der Waals surface area contributed by atoms with Crippen LogP contribution in [0.4, 0.5) is 0 Å². The zero-order valence-electron chi connectivity index (χ0n) is 21.4. The van der Waals surface area contributed by atoms with Crippen LogP contribution in [0.1, 0.15) is 19.4 Å². The van der Waals surface area contributed by atoms with Crippen LogP contribution in [0.2, 0.25) is 0 Å². The average molecular weight is 396 g/mol. The lowest BCUT2D eigenvalue weighted by Crippen LogP contribution is -1.88. The SMILES string of the molecule is [2H]C([2H])([2H])c1cnc(-c2cccc3c2sc2cc4c(ccc5ccccc54)cc23)cc1C([2H])([2H])[2H]. The molecule has 2 aromatic heterocycles. The smallest absolute Gasteiger partial charge is 0.0719 e. The van der Waals surface area contributed by atoms with Crippen LogP contribution in [0.25, 0.3) is 53.0 Å². The highest BCUT2D eigenvalue weighted by atomic mass is 32.1. The average Bonchev–Trinajstić information content (AvgIpc) is 3.19. The molecule has 0 N–H and O–H groups in total. The van der Waals surface area contributed by atoms with Gasteiger partial charge in [0.25, 0.3) is 0 Å². The largest absolute Gasteiger partial charge is 0.256 e. The zero-order chi connectivity index (χ0) is 24.5. The van der Waals surface area contributed by atoms with Crippen molar-refractivity contribution in [1.82, 2.24) is 4.98 Å². The summed E-state index contributed by atoms with van der Waals surface area (Å²) in [6.07, 6.45) is 1.19. The van der Waals surface area contributed by atoms with Gasteiger partial charge in [-0.3, -0.25) is 4.98 Å². The number of thiophene rings is 1. The Kier molecular flexibility index (Phi) is 2.47. The molecule has 0 aliphatic rings. The van der Waals surface area contributed by atoms with Gasteiger partial charge in [0.05, 0.1) is 5.69 Å². The maximum atomic E-state index is 7.91. The van der Waals surface area contributed by atoms with Gasteiger partial charge in [0.15, 0.2) is 0 Å². The van der Waals surface area contributed by atoms with Crippen LogP contribution in [0.3, 0.4) is 0 Å². The Balaban J connectivity index is 1.62. The molecule has 0 aliphatic heterocycles. The second kappa shape index (κ2) is 6.13. The molecule has 0 atom stereocenters. The summed E-state index contributed by atoms with van der Waals surface area (Å²) in [5.74, 6) is 0. The summed E-state index contributed by atoms with van der Waals surface area (Å²) >= 11 is 1.64. The van der Waals surface area contributed by atoms with Gasteiger partial charge in [-0.25, -0.2) is 0 Å². The van der Waals surface area contributed by atoms with E-state index in [-0.39, 0.29) is 11.1 Å². The number of aromatic nitrogens is 1. The van der Waals surface area contributed by atoms with Crippen LogP contribution in [0, 0.1) is 13.7 Å². The third-order valence-corrected chi connectivity index (χ3v) is 6.74. The molecule has 0 unspecified atom stereocenters. The summed E-state index contributed by atoms with van der Waals surface area (Å²) in [5.41, 5.74) is 0.831. The van der Waals surface area contributed by atoms with Gasteiger partial charge in [-0.05, 0) is 64.6 Å². The third kappa shape index (κ3) is 2.49. The highest BCUT2D eigenvalue weighted by Crippen LogP contribution is 2.42. The molecule has 0 radical (unpaired) electrons. The molecular formula is C27H19NS. The van der Waals surface area contributed by atoms with Crippen molar-refractivity contribution >= 4 is 53.1 Å². The third-order valence-electron chi connectivity index (χ3n) is 5.54. The van der Waals surface area contributed by atoms with Crippen LogP contribution in [0.5, 0.6) is 0 Å². The van der Waals surface area contributed by atoms with E-state index in [1.54, 1.807) is 11.3 Å². The monoisotopic (exact) mass is 395 g/mol. The van der Waals surface area contributed by atoms with E-state index >= 15 is 0 Å². The molecule has 2 heteroatoms. The first kappa shape index (κ1) is 11.7. The van der Waals surface area contributed by atoms with Crippen molar-refractivity contribution in [2.24, 2.45) is 0 Å². The van der Waals surface area contributed by atoms with Gasteiger partial charge in [0.1, 0.15) is 0 Å². The maximum Gasteiger partial charge on any atom is 0.0719 e. The van der Waals surface area contributed by atoms with Gasteiger partial charge >= 0.3 is 0 Å². The van der Waals surface area contributed by atoms with Crippen LogP contribution >= 0.6 is 11.3 Å². The van der Waals surface area contributed by atoms with Crippen molar-refractivity contribution in [2.75, 3.05) is 0 Å². The van der Waals surface area contributed by atoms with E-state index in [0.717, 1.165) is 31.1 Å². The zero-order valence-corrected chi connectivity index (χ0v) is 16.2. The van der Waals surface area contributed by atoms with Gasteiger partial charge in [-0.15, -0.1) is 11.3 Å². The van der Waals surface area contributed by atoms with Crippen LogP contribution in [0.15, 0.2) is 79.0 Å². The minimum atomic E-state index is -2.56. The van der Waals surface area contributed by atoms with E-state index in [0.29, 0.717) is 5.69 Å². The predicted octanol–water partition coefficient (Wildman–Crippen LogP) is 8.04. The fourth-order valence-electron chi connectivity index (χ4n) is 4.10. The van der Waals surface area contributed by atoms with Crippen molar-refractivity contribution in [2.45, 2.75) is 13.7 Å². The summed E-state index contributed by atoms with van der Waals surface area (Å²) in [6, 6.07) is 24.4. The van der Waals surface area contributed by atoms with Crippen molar-refractivity contribution < 1.29 is 8.22 Å². The summed E-state index contributed by atoms with van der Waals surface area (Å²) in [5, 5.41) is 6.94. The van der Waals surface area contributed by atoms with E-state index in [1.807, 2.05) is 24.3 Å². The van der Waals surface area contributed by atoms with E-state index < -0.39 is 13.7 Å². The second-order valence-corrected chi connectivity index (χ2v) is 8.31. The number of aryl methyl sites for hydroxylation is 2. The highest BCUT2D eigenvalue weighted by Gasteiger charge is 2.13.